The molecule has 0 amide bonds. The van der Waals surface area contributed by atoms with Gasteiger partial charge in [-0.15, -0.1) is 0 Å². The molecule has 0 fully saturated rings. The van der Waals surface area contributed by atoms with Crippen LogP contribution in [-0.2, 0) is 0 Å². The van der Waals surface area contributed by atoms with Crippen LogP contribution >= 0.6 is 0 Å². The van der Waals surface area contributed by atoms with E-state index in [0.29, 0.717) is 0 Å². The van der Waals surface area contributed by atoms with Crippen LogP contribution in [-0.4, -0.2) is 9.13 Å². The van der Waals surface area contributed by atoms with Gasteiger partial charge in [0.05, 0.1) is 33.5 Å². The summed E-state index contributed by atoms with van der Waals surface area (Å²) in [5.41, 5.74) is 17.1. The van der Waals surface area contributed by atoms with Crippen molar-refractivity contribution in [3.63, 3.8) is 0 Å². The summed E-state index contributed by atoms with van der Waals surface area (Å²) in [5.74, 6) is 0. The van der Waals surface area contributed by atoms with Gasteiger partial charge >= 0.3 is 0 Å². The van der Waals surface area contributed by atoms with E-state index in [4.69, 9.17) is 0 Å². The van der Waals surface area contributed by atoms with E-state index in [1.165, 1.54) is 132 Å². The molecule has 2 aliphatic carbocycles. The number of hydrogen-bond acceptors (Lipinski definition) is 0. The van der Waals surface area contributed by atoms with Crippen molar-refractivity contribution in [1.29, 1.82) is 0 Å². The minimum Gasteiger partial charge on any atom is -0.307 e. The fraction of sp³-hybridized carbons (Fsp3) is 0. The van der Waals surface area contributed by atoms with Crippen molar-refractivity contribution in [3.05, 3.63) is 246 Å². The van der Waals surface area contributed by atoms with Gasteiger partial charge in [0.15, 0.2) is 0 Å². The minimum atomic E-state index is 1.19. The van der Waals surface area contributed by atoms with E-state index in [1.807, 2.05) is 0 Å². The van der Waals surface area contributed by atoms with Crippen LogP contribution < -0.4 is 0 Å². The Balaban J connectivity index is 1.26. The van der Waals surface area contributed by atoms with Gasteiger partial charge in [-0.3, -0.25) is 0 Å². The summed E-state index contributed by atoms with van der Waals surface area (Å²) in [6.45, 7) is 0. The summed E-state index contributed by atoms with van der Waals surface area (Å²) in [6, 6.07) is 81.1. The first-order valence-electron chi connectivity index (χ1n) is 21.5. The van der Waals surface area contributed by atoms with E-state index < -0.39 is 0 Å². The average molecular weight is 785 g/mol. The molecule has 286 valence electrons. The third-order valence-electron chi connectivity index (χ3n) is 13.6. The van der Waals surface area contributed by atoms with E-state index in [9.17, 15) is 0 Å². The number of hydrogen-bond donors (Lipinski definition) is 0. The van der Waals surface area contributed by atoms with E-state index in [-0.39, 0.29) is 0 Å². The van der Waals surface area contributed by atoms with Gasteiger partial charge in [-0.2, -0.15) is 0 Å². The molecule has 2 aromatic heterocycles. The van der Waals surface area contributed by atoms with Crippen molar-refractivity contribution in [2.75, 3.05) is 0 Å². The highest BCUT2D eigenvalue weighted by molar-refractivity contribution is 6.38. The first kappa shape index (κ1) is 33.6. The quantitative estimate of drug-likeness (QED) is 0.157. The van der Waals surface area contributed by atoms with Crippen LogP contribution in [0.4, 0.5) is 0 Å². The topological polar surface area (TPSA) is 9.86 Å². The van der Waals surface area contributed by atoms with Crippen LogP contribution in [0.15, 0.2) is 224 Å². The van der Waals surface area contributed by atoms with Crippen molar-refractivity contribution < 1.29 is 0 Å². The lowest BCUT2D eigenvalue weighted by atomic mass is 9.88. The smallest absolute Gasteiger partial charge is 0.0795 e. The molecule has 0 unspecified atom stereocenters. The predicted molar refractivity (Wildman–Crippen MR) is 263 cm³/mol. The third kappa shape index (κ3) is 4.43. The maximum Gasteiger partial charge on any atom is 0.0795 e. The number of allylic oxidation sites excluding steroid dienone is 5. The minimum absolute atomic E-state index is 1.19. The van der Waals surface area contributed by atoms with Gasteiger partial charge in [-0.25, -0.2) is 0 Å². The Bertz CT molecular complexity index is 3900. The van der Waals surface area contributed by atoms with Crippen molar-refractivity contribution in [2.24, 2.45) is 0 Å². The first-order chi connectivity index (χ1) is 30.8. The van der Waals surface area contributed by atoms with Gasteiger partial charge in [-0.05, 0) is 96.5 Å². The molecule has 0 spiro atoms. The summed E-state index contributed by atoms with van der Waals surface area (Å²) < 4.78 is 5.17. The highest BCUT2D eigenvalue weighted by atomic mass is 15.1. The second-order valence-electron chi connectivity index (χ2n) is 16.7. The molecule has 2 heterocycles. The Kier molecular flexibility index (Phi) is 6.86. The summed E-state index contributed by atoms with van der Waals surface area (Å²) in [5, 5.41) is 12.6. The summed E-state index contributed by atoms with van der Waals surface area (Å²) in [4.78, 5) is 0. The lowest BCUT2D eigenvalue weighted by molar-refractivity contribution is 1.18. The van der Waals surface area contributed by atoms with E-state index in [1.54, 1.807) is 0 Å². The highest BCUT2D eigenvalue weighted by Gasteiger charge is 2.42. The molecule has 0 atom stereocenters. The zero-order chi connectivity index (χ0) is 40.5. The number of nitrogens with zero attached hydrogens (tertiary/aromatic N) is 2. The Hall–Kier alpha value is -8.20. The van der Waals surface area contributed by atoms with Crippen molar-refractivity contribution in [1.82, 2.24) is 9.13 Å². The van der Waals surface area contributed by atoms with Gasteiger partial charge in [-0.1, -0.05) is 182 Å². The van der Waals surface area contributed by atoms with Crippen LogP contribution in [0.25, 0.3) is 104 Å². The third-order valence-corrected chi connectivity index (χ3v) is 13.6. The van der Waals surface area contributed by atoms with Crippen molar-refractivity contribution in [3.8, 4) is 0 Å². The normalized spacial score (nSPS) is 13.9. The van der Waals surface area contributed by atoms with Crippen LogP contribution in [0, 0.1) is 0 Å². The lowest BCUT2D eigenvalue weighted by Crippen LogP contribution is -2.06. The molecule has 12 aromatic rings. The zero-order valence-electron chi connectivity index (χ0n) is 33.7. The first-order valence-corrected chi connectivity index (χ1v) is 21.5. The van der Waals surface area contributed by atoms with Crippen molar-refractivity contribution in [2.45, 2.75) is 0 Å². The Morgan fingerprint density at radius 2 is 0.500 bits per heavy atom. The Morgan fingerprint density at radius 3 is 0.903 bits per heavy atom. The van der Waals surface area contributed by atoms with Crippen LogP contribution in [0.5, 0.6) is 0 Å². The second kappa shape index (κ2) is 12.7. The number of para-hydroxylation sites is 4. The van der Waals surface area contributed by atoms with Gasteiger partial charge in [0, 0.05) is 38.3 Å². The molecule has 2 nitrogen and oxygen atoms in total. The molecule has 10 aromatic carbocycles. The SMILES string of the molecule is c1ccc(C2=C3C(=C(c4ccccc4)c4cc5c6ccccc6c6ccccc6c5cc43)C(n3c4ccccc4c4ccccc43)=C2n2c3ccccc3c3ccccc32)cc1. The average Bonchev–Trinajstić information content (AvgIpc) is 4.06. The molecular formula is C60H36N2. The summed E-state index contributed by atoms with van der Waals surface area (Å²) >= 11 is 0. The Morgan fingerprint density at radius 1 is 0.210 bits per heavy atom. The number of benzene rings is 10. The molecule has 0 saturated heterocycles. The fourth-order valence-corrected chi connectivity index (χ4v) is 11.2. The molecule has 0 radical (unpaired) electrons. The summed E-state index contributed by atoms with van der Waals surface area (Å²) in [6.07, 6.45) is 0. The van der Waals surface area contributed by atoms with Crippen LogP contribution in [0.1, 0.15) is 22.3 Å². The Labute approximate surface area is 357 Å². The predicted octanol–water partition coefficient (Wildman–Crippen LogP) is 15.6. The molecule has 2 aliphatic rings. The number of rotatable bonds is 4. The number of aromatic nitrogens is 2. The van der Waals surface area contributed by atoms with Gasteiger partial charge in [0.1, 0.15) is 0 Å². The molecule has 0 bridgehead atoms. The lowest BCUT2D eigenvalue weighted by Gasteiger charge is -2.21. The molecular weight excluding hydrogens is 749 g/mol. The summed E-state index contributed by atoms with van der Waals surface area (Å²) in [7, 11) is 0. The van der Waals surface area contributed by atoms with Crippen LogP contribution in [0.2, 0.25) is 0 Å². The van der Waals surface area contributed by atoms with Gasteiger partial charge in [0.2, 0.25) is 0 Å². The van der Waals surface area contributed by atoms with Crippen molar-refractivity contribution >= 4 is 104 Å². The van der Waals surface area contributed by atoms with E-state index >= 15 is 0 Å². The maximum atomic E-state index is 2.59. The molecule has 0 aliphatic heterocycles. The largest absolute Gasteiger partial charge is 0.307 e. The molecule has 14 rings (SSSR count). The van der Waals surface area contributed by atoms with E-state index in [0.717, 1.165) is 0 Å². The molecule has 0 saturated carbocycles. The molecule has 2 heteroatoms. The molecule has 62 heavy (non-hydrogen) atoms. The monoisotopic (exact) mass is 784 g/mol. The number of fused-ring (bicyclic) bond motifs is 15. The second-order valence-corrected chi connectivity index (χ2v) is 16.7. The highest BCUT2D eigenvalue weighted by Crippen LogP contribution is 2.62. The van der Waals surface area contributed by atoms with Gasteiger partial charge in [0.25, 0.3) is 0 Å². The standard InChI is InChI=1S/C60H36N2/c1-3-19-37(20-4-1)55-49-35-47-41-25-9-7-23-39(41)40-24-8-10-26-42(40)48(47)36-50(49)57-56(38-21-5-2-6-22-38)59(61-51-31-15-11-27-43(51)44-28-12-16-32-52(44)61)60(58(55)57)62-53-33-17-13-29-45(53)46-30-14-18-34-54(46)62/h1-36H. The zero-order valence-corrected chi connectivity index (χ0v) is 33.7. The van der Waals surface area contributed by atoms with E-state index in [2.05, 4.69) is 228 Å². The molecule has 0 N–H and O–H groups in total. The van der Waals surface area contributed by atoms with Crippen LogP contribution in [0.3, 0.4) is 0 Å². The maximum absolute atomic E-state index is 2.59. The van der Waals surface area contributed by atoms with Gasteiger partial charge < -0.3 is 9.13 Å². The fourth-order valence-electron chi connectivity index (χ4n) is 11.2.